The van der Waals surface area contributed by atoms with Gasteiger partial charge in [-0.15, -0.1) is 0 Å². The Morgan fingerprint density at radius 2 is 2.04 bits per heavy atom. The Morgan fingerprint density at radius 1 is 1.25 bits per heavy atom. The quantitative estimate of drug-likeness (QED) is 0.597. The van der Waals surface area contributed by atoms with Gasteiger partial charge in [0, 0.05) is 6.54 Å². The van der Waals surface area contributed by atoms with Gasteiger partial charge in [-0.1, -0.05) is 24.3 Å². The van der Waals surface area contributed by atoms with E-state index in [1.54, 1.807) is 35.1 Å². The molecule has 7 heteroatoms. The number of methoxy groups -OCH3 is 1. The van der Waals surface area contributed by atoms with Crippen molar-refractivity contribution in [2.75, 3.05) is 25.2 Å². The van der Waals surface area contributed by atoms with Gasteiger partial charge in [-0.2, -0.15) is 0 Å². The zero-order chi connectivity index (χ0) is 19.7. The highest BCUT2D eigenvalue weighted by Crippen LogP contribution is 2.36. The van der Waals surface area contributed by atoms with Gasteiger partial charge in [0.1, 0.15) is 18.3 Å². The molecule has 2 aliphatic rings. The lowest BCUT2D eigenvalue weighted by molar-refractivity contribution is -0.107. The first-order chi connectivity index (χ1) is 13.6. The minimum Gasteiger partial charge on any atom is -0.497 e. The van der Waals surface area contributed by atoms with Crippen LogP contribution in [0.4, 0.5) is 5.69 Å². The fraction of sp³-hybridized carbons (Fsp3) is 0.333. The van der Waals surface area contributed by atoms with Crippen LogP contribution >= 0.6 is 0 Å². The summed E-state index contributed by atoms with van der Waals surface area (Å²) in [6.45, 7) is 0.862. The Kier molecular flexibility index (Phi) is 5.02. The van der Waals surface area contributed by atoms with E-state index in [-0.39, 0.29) is 25.2 Å². The van der Waals surface area contributed by atoms with Crippen molar-refractivity contribution in [1.82, 2.24) is 10.2 Å². The predicted octanol–water partition coefficient (Wildman–Crippen LogP) is 1.15. The molecule has 1 amide bonds. The van der Waals surface area contributed by atoms with Crippen molar-refractivity contribution in [1.29, 1.82) is 0 Å². The second-order valence-electron chi connectivity index (χ2n) is 7.02. The number of rotatable bonds is 5. The zero-order valence-electron chi connectivity index (χ0n) is 15.7. The van der Waals surface area contributed by atoms with Gasteiger partial charge in [0.2, 0.25) is 0 Å². The van der Waals surface area contributed by atoms with Gasteiger partial charge in [-0.25, -0.2) is 0 Å². The number of carbonyl (C=O) groups excluding carboxylic acids is 2. The highest BCUT2D eigenvalue weighted by molar-refractivity contribution is 6.01. The van der Waals surface area contributed by atoms with Crippen LogP contribution in [0.2, 0.25) is 0 Å². The summed E-state index contributed by atoms with van der Waals surface area (Å²) in [5.74, 6) is 0.448. The van der Waals surface area contributed by atoms with E-state index in [4.69, 9.17) is 4.74 Å². The van der Waals surface area contributed by atoms with E-state index < -0.39 is 6.23 Å². The first kappa shape index (κ1) is 18.5. The molecule has 1 unspecified atom stereocenters. The van der Waals surface area contributed by atoms with Crippen LogP contribution in [0.3, 0.4) is 0 Å². The first-order valence-electron chi connectivity index (χ1n) is 9.29. The Labute approximate surface area is 163 Å². The lowest BCUT2D eigenvalue weighted by atomic mass is 9.93. The number of ether oxygens (including phenoxy) is 1. The van der Waals surface area contributed by atoms with Gasteiger partial charge in [0.25, 0.3) is 5.91 Å². The lowest BCUT2D eigenvalue weighted by Crippen LogP contribution is -2.55. The normalized spacial score (nSPS) is 20.7. The van der Waals surface area contributed by atoms with Crippen molar-refractivity contribution in [3.8, 4) is 5.75 Å². The van der Waals surface area contributed by atoms with Crippen molar-refractivity contribution < 1.29 is 19.4 Å². The third kappa shape index (κ3) is 3.12. The van der Waals surface area contributed by atoms with Crippen LogP contribution < -0.4 is 15.0 Å². The largest absolute Gasteiger partial charge is 0.497 e. The van der Waals surface area contributed by atoms with Crippen molar-refractivity contribution in [3.63, 3.8) is 0 Å². The summed E-state index contributed by atoms with van der Waals surface area (Å²) in [4.78, 5) is 27.6. The van der Waals surface area contributed by atoms with Crippen LogP contribution in [0.5, 0.6) is 5.75 Å². The van der Waals surface area contributed by atoms with Crippen LogP contribution in [0.15, 0.2) is 42.5 Å². The van der Waals surface area contributed by atoms with E-state index in [2.05, 4.69) is 5.32 Å². The molecule has 28 heavy (non-hydrogen) atoms. The highest BCUT2D eigenvalue weighted by Gasteiger charge is 2.42. The number of fused-ring (bicyclic) bond motifs is 3. The zero-order valence-corrected chi connectivity index (χ0v) is 15.7. The molecule has 146 valence electrons. The number of aliphatic hydroxyl groups excluding tert-OH is 1. The second kappa shape index (κ2) is 7.61. The molecule has 2 aliphatic heterocycles. The molecule has 4 rings (SSSR count). The van der Waals surface area contributed by atoms with E-state index >= 15 is 0 Å². The van der Waals surface area contributed by atoms with Gasteiger partial charge in [0.15, 0.2) is 0 Å². The lowest BCUT2D eigenvalue weighted by Gasteiger charge is -2.40. The Bertz CT molecular complexity index is 901. The molecule has 0 saturated heterocycles. The van der Waals surface area contributed by atoms with Crippen LogP contribution in [0, 0.1) is 0 Å². The van der Waals surface area contributed by atoms with E-state index in [1.807, 2.05) is 24.3 Å². The third-order valence-corrected chi connectivity index (χ3v) is 5.47. The Hall–Kier alpha value is -2.90. The molecule has 0 aromatic heterocycles. The van der Waals surface area contributed by atoms with Crippen LogP contribution in [-0.2, 0) is 17.8 Å². The number of amides is 1. The minimum absolute atomic E-state index is 0.134. The number of nitrogens with zero attached hydrogens (tertiary/aromatic N) is 2. The van der Waals surface area contributed by atoms with E-state index in [1.165, 1.54) is 0 Å². The summed E-state index contributed by atoms with van der Waals surface area (Å²) in [6.07, 6.45) is 0.428. The first-order valence-corrected chi connectivity index (χ1v) is 9.29. The molecule has 0 aliphatic carbocycles. The number of benzene rings is 2. The maximum absolute atomic E-state index is 13.4. The molecular formula is C21H23N3O4. The average molecular weight is 381 g/mol. The molecule has 2 heterocycles. The average Bonchev–Trinajstić information content (AvgIpc) is 2.81. The molecular weight excluding hydrogens is 358 g/mol. The van der Waals surface area contributed by atoms with Gasteiger partial charge in [0.05, 0.1) is 37.6 Å². The van der Waals surface area contributed by atoms with E-state index in [0.717, 1.165) is 17.4 Å². The number of aldehydes is 1. The van der Waals surface area contributed by atoms with Gasteiger partial charge in [-0.05, 0) is 35.7 Å². The Balaban J connectivity index is 1.79. The van der Waals surface area contributed by atoms with Gasteiger partial charge >= 0.3 is 0 Å². The third-order valence-electron chi connectivity index (χ3n) is 5.47. The van der Waals surface area contributed by atoms with Gasteiger partial charge in [-0.3, -0.25) is 10.1 Å². The summed E-state index contributed by atoms with van der Waals surface area (Å²) >= 11 is 0. The summed E-state index contributed by atoms with van der Waals surface area (Å²) in [6, 6.07) is 12.9. The number of aliphatic hydroxyl groups is 1. The topological polar surface area (TPSA) is 82.1 Å². The Morgan fingerprint density at radius 3 is 2.79 bits per heavy atom. The summed E-state index contributed by atoms with van der Waals surface area (Å²) in [7, 11) is 1.56. The molecule has 0 fully saturated rings. The van der Waals surface area contributed by atoms with Crippen LogP contribution in [-0.4, -0.2) is 54.8 Å². The number of anilines is 1. The predicted molar refractivity (Wildman–Crippen MR) is 104 cm³/mol. The number of nitrogens with one attached hydrogen (secondary N) is 1. The molecule has 2 N–H and O–H groups in total. The molecule has 7 nitrogen and oxygen atoms in total. The monoisotopic (exact) mass is 381 g/mol. The number of hydrogen-bond acceptors (Lipinski definition) is 6. The number of hydrogen-bond donors (Lipinski definition) is 2. The molecule has 2 aromatic rings. The maximum atomic E-state index is 13.4. The maximum Gasteiger partial charge on any atom is 0.256 e. The standard InChI is InChI=1S/C21H23N3O4/c1-28-16-6-7-18-17(11-16)20(26)23-12-15-5-3-2-4-14(15)10-19(23)21(27)24(18)13-22-8-9-25/h2-7,9,11,19,21-22,27H,8,10,12-13H2,1H3/t19-,21?/m0/s1. The molecule has 0 bridgehead atoms. The molecule has 0 spiro atoms. The molecule has 0 saturated carbocycles. The van der Waals surface area contributed by atoms with E-state index in [0.29, 0.717) is 30.0 Å². The van der Waals surface area contributed by atoms with Crippen LogP contribution in [0.25, 0.3) is 0 Å². The van der Waals surface area contributed by atoms with Gasteiger partial charge < -0.3 is 24.4 Å². The summed E-state index contributed by atoms with van der Waals surface area (Å²) < 4.78 is 5.31. The molecule has 0 radical (unpaired) electrons. The van der Waals surface area contributed by atoms with Crippen molar-refractivity contribution in [2.24, 2.45) is 0 Å². The molecule has 2 atom stereocenters. The fourth-order valence-corrected chi connectivity index (χ4v) is 4.03. The SMILES string of the molecule is COc1ccc2c(c1)C(=O)N1Cc3ccccc3C[C@H]1C(O)N2CNCC=O. The summed E-state index contributed by atoms with van der Waals surface area (Å²) in [5.41, 5.74) is 3.33. The van der Waals surface area contributed by atoms with Crippen molar-refractivity contribution in [2.45, 2.75) is 25.2 Å². The molecule has 2 aromatic carbocycles. The van der Waals surface area contributed by atoms with Crippen LogP contribution in [0.1, 0.15) is 21.5 Å². The summed E-state index contributed by atoms with van der Waals surface area (Å²) in [5, 5.41) is 14.2. The minimum atomic E-state index is -0.911. The number of carbonyl (C=O) groups is 2. The van der Waals surface area contributed by atoms with E-state index in [9.17, 15) is 14.7 Å². The van der Waals surface area contributed by atoms with Crippen molar-refractivity contribution >= 4 is 17.9 Å². The fourth-order valence-electron chi connectivity index (χ4n) is 4.03. The smallest absolute Gasteiger partial charge is 0.256 e. The van der Waals surface area contributed by atoms with Crippen molar-refractivity contribution in [3.05, 3.63) is 59.2 Å². The second-order valence-corrected chi connectivity index (χ2v) is 7.02. The highest BCUT2D eigenvalue weighted by atomic mass is 16.5.